The molecular formula is C25H35NO. The van der Waals surface area contributed by atoms with E-state index in [9.17, 15) is 0 Å². The highest BCUT2D eigenvalue weighted by molar-refractivity contribution is 5.42. The minimum atomic E-state index is -0.0649. The fourth-order valence-electron chi connectivity index (χ4n) is 4.45. The third-order valence-corrected chi connectivity index (χ3v) is 6.31. The minimum absolute atomic E-state index is 0.0649. The summed E-state index contributed by atoms with van der Waals surface area (Å²) in [7, 11) is 0. The standard InChI is InChI=1S/C25H35NO/c1-6-25(7-2)17-22(21-11-9-10-12-23(21)27-25)24(26-8-3)20-15-13-19(14-16-20)18(4)5/h9-16,18,22,24,26H,6-8,17H2,1-5H3. The number of fused-ring (bicyclic) bond motifs is 1. The largest absolute Gasteiger partial charge is 0.487 e. The number of rotatable bonds is 7. The molecule has 1 N–H and O–H groups in total. The molecule has 0 spiro atoms. The average Bonchev–Trinajstić information content (AvgIpc) is 2.71. The Bertz CT molecular complexity index is 730. The van der Waals surface area contributed by atoms with Gasteiger partial charge in [0.1, 0.15) is 11.4 Å². The van der Waals surface area contributed by atoms with Crippen LogP contribution in [0.2, 0.25) is 0 Å². The van der Waals surface area contributed by atoms with E-state index in [1.54, 1.807) is 0 Å². The van der Waals surface area contributed by atoms with Crippen LogP contribution in [0.5, 0.6) is 5.75 Å². The van der Waals surface area contributed by atoms with E-state index in [0.29, 0.717) is 17.9 Å². The highest BCUT2D eigenvalue weighted by Crippen LogP contribution is 2.48. The molecule has 146 valence electrons. The molecule has 0 aliphatic carbocycles. The third kappa shape index (κ3) is 4.06. The first-order valence-corrected chi connectivity index (χ1v) is 10.6. The maximum Gasteiger partial charge on any atom is 0.123 e. The normalized spacial score (nSPS) is 19.4. The quantitative estimate of drug-likeness (QED) is 0.598. The van der Waals surface area contributed by atoms with Crippen molar-refractivity contribution < 1.29 is 4.74 Å². The van der Waals surface area contributed by atoms with Crippen molar-refractivity contribution in [1.29, 1.82) is 0 Å². The summed E-state index contributed by atoms with van der Waals surface area (Å²) in [5.74, 6) is 2.05. The molecule has 2 aromatic carbocycles. The van der Waals surface area contributed by atoms with E-state index in [1.807, 2.05) is 0 Å². The average molecular weight is 366 g/mol. The van der Waals surface area contributed by atoms with E-state index < -0.39 is 0 Å². The number of likely N-dealkylation sites (N-methyl/N-ethyl adjacent to an activating group) is 1. The van der Waals surface area contributed by atoms with Crippen molar-refractivity contribution in [1.82, 2.24) is 5.32 Å². The molecule has 1 aliphatic heterocycles. The van der Waals surface area contributed by atoms with Crippen LogP contribution < -0.4 is 10.1 Å². The molecule has 1 aliphatic rings. The topological polar surface area (TPSA) is 21.3 Å². The van der Waals surface area contributed by atoms with Gasteiger partial charge in [-0.3, -0.25) is 0 Å². The van der Waals surface area contributed by atoms with Crippen molar-refractivity contribution in [3.63, 3.8) is 0 Å². The van der Waals surface area contributed by atoms with Gasteiger partial charge in [-0.05, 0) is 54.5 Å². The Labute approximate surface area is 165 Å². The van der Waals surface area contributed by atoms with Gasteiger partial charge in [0.15, 0.2) is 0 Å². The lowest BCUT2D eigenvalue weighted by molar-refractivity contribution is 0.0220. The Kier molecular flexibility index (Phi) is 6.26. The Morgan fingerprint density at radius 1 is 0.963 bits per heavy atom. The predicted molar refractivity (Wildman–Crippen MR) is 115 cm³/mol. The van der Waals surface area contributed by atoms with Crippen molar-refractivity contribution in [3.05, 3.63) is 65.2 Å². The first-order valence-electron chi connectivity index (χ1n) is 10.6. The molecular weight excluding hydrogens is 330 g/mol. The molecule has 2 unspecified atom stereocenters. The molecule has 2 nitrogen and oxygen atoms in total. The Balaban J connectivity index is 2.02. The second-order valence-corrected chi connectivity index (χ2v) is 8.20. The van der Waals surface area contributed by atoms with Gasteiger partial charge in [-0.2, -0.15) is 0 Å². The lowest BCUT2D eigenvalue weighted by atomic mass is 9.74. The molecule has 0 amide bonds. The summed E-state index contributed by atoms with van der Waals surface area (Å²) in [5.41, 5.74) is 4.06. The Morgan fingerprint density at radius 3 is 2.19 bits per heavy atom. The van der Waals surface area contributed by atoms with Gasteiger partial charge in [0.25, 0.3) is 0 Å². The third-order valence-electron chi connectivity index (χ3n) is 6.31. The van der Waals surface area contributed by atoms with Crippen LogP contribution >= 0.6 is 0 Å². The fourth-order valence-corrected chi connectivity index (χ4v) is 4.45. The minimum Gasteiger partial charge on any atom is -0.487 e. The summed E-state index contributed by atoms with van der Waals surface area (Å²) in [6, 6.07) is 18.2. The van der Waals surface area contributed by atoms with Gasteiger partial charge >= 0.3 is 0 Å². The van der Waals surface area contributed by atoms with Crippen LogP contribution in [0, 0.1) is 0 Å². The van der Waals surface area contributed by atoms with Crippen molar-refractivity contribution in [3.8, 4) is 5.75 Å². The first-order chi connectivity index (χ1) is 13.0. The van der Waals surface area contributed by atoms with Crippen LogP contribution in [-0.4, -0.2) is 12.1 Å². The molecule has 27 heavy (non-hydrogen) atoms. The molecule has 0 fully saturated rings. The molecule has 2 aromatic rings. The van der Waals surface area contributed by atoms with Crippen LogP contribution in [-0.2, 0) is 0 Å². The molecule has 2 atom stereocenters. The fraction of sp³-hybridized carbons (Fsp3) is 0.520. The number of benzene rings is 2. The lowest BCUT2D eigenvalue weighted by Crippen LogP contribution is -2.43. The lowest BCUT2D eigenvalue weighted by Gasteiger charge is -2.44. The zero-order valence-corrected chi connectivity index (χ0v) is 17.6. The van der Waals surface area contributed by atoms with Crippen LogP contribution in [0.4, 0.5) is 0 Å². The second-order valence-electron chi connectivity index (χ2n) is 8.20. The summed E-state index contributed by atoms with van der Waals surface area (Å²) in [4.78, 5) is 0. The van der Waals surface area contributed by atoms with Crippen LogP contribution in [0.15, 0.2) is 48.5 Å². The maximum atomic E-state index is 6.54. The van der Waals surface area contributed by atoms with Gasteiger partial charge in [-0.15, -0.1) is 0 Å². The summed E-state index contributed by atoms with van der Waals surface area (Å²) in [6.07, 6.45) is 3.14. The van der Waals surface area contributed by atoms with Crippen LogP contribution in [0.1, 0.15) is 88.4 Å². The van der Waals surface area contributed by atoms with Gasteiger partial charge in [0.05, 0.1) is 0 Å². The molecule has 2 heteroatoms. The van der Waals surface area contributed by atoms with Crippen molar-refractivity contribution in [2.45, 2.75) is 77.4 Å². The predicted octanol–water partition coefficient (Wildman–Crippen LogP) is 6.59. The number of ether oxygens (including phenoxy) is 1. The van der Waals surface area contributed by atoms with E-state index >= 15 is 0 Å². The van der Waals surface area contributed by atoms with Gasteiger partial charge in [0, 0.05) is 12.0 Å². The Morgan fingerprint density at radius 2 is 1.59 bits per heavy atom. The summed E-state index contributed by atoms with van der Waals surface area (Å²) >= 11 is 0. The van der Waals surface area contributed by atoms with E-state index in [0.717, 1.165) is 31.6 Å². The number of nitrogens with one attached hydrogen (secondary N) is 1. The van der Waals surface area contributed by atoms with Gasteiger partial charge < -0.3 is 10.1 Å². The second kappa shape index (κ2) is 8.48. The number of hydrogen-bond acceptors (Lipinski definition) is 2. The summed E-state index contributed by atoms with van der Waals surface area (Å²) in [6.45, 7) is 12.2. The highest BCUT2D eigenvalue weighted by Gasteiger charge is 2.41. The molecule has 0 bridgehead atoms. The molecule has 0 saturated carbocycles. The first kappa shape index (κ1) is 19.9. The SMILES string of the molecule is CCNC(c1ccc(C(C)C)cc1)C1CC(CC)(CC)Oc2ccccc21. The zero-order valence-electron chi connectivity index (χ0n) is 17.6. The van der Waals surface area contributed by atoms with Crippen LogP contribution in [0.3, 0.4) is 0 Å². The Hall–Kier alpha value is -1.80. The molecule has 3 rings (SSSR count). The van der Waals surface area contributed by atoms with Gasteiger partial charge in [-0.1, -0.05) is 77.1 Å². The van der Waals surface area contributed by atoms with E-state index in [4.69, 9.17) is 4.74 Å². The summed E-state index contributed by atoms with van der Waals surface area (Å²) in [5, 5.41) is 3.79. The molecule has 0 aromatic heterocycles. The number of para-hydroxylation sites is 1. The summed E-state index contributed by atoms with van der Waals surface area (Å²) < 4.78 is 6.54. The van der Waals surface area contributed by atoms with Crippen molar-refractivity contribution in [2.75, 3.05) is 6.54 Å². The van der Waals surface area contributed by atoms with Crippen molar-refractivity contribution >= 4 is 0 Å². The molecule has 1 heterocycles. The van der Waals surface area contributed by atoms with Crippen molar-refractivity contribution in [2.24, 2.45) is 0 Å². The number of hydrogen-bond donors (Lipinski definition) is 1. The van der Waals surface area contributed by atoms with E-state index in [1.165, 1.54) is 16.7 Å². The van der Waals surface area contributed by atoms with Gasteiger partial charge in [-0.25, -0.2) is 0 Å². The maximum absolute atomic E-state index is 6.54. The highest BCUT2D eigenvalue weighted by atomic mass is 16.5. The molecule has 0 saturated heterocycles. The van der Waals surface area contributed by atoms with Crippen LogP contribution in [0.25, 0.3) is 0 Å². The monoisotopic (exact) mass is 365 g/mol. The molecule has 0 radical (unpaired) electrons. The zero-order chi connectivity index (χ0) is 19.4. The van der Waals surface area contributed by atoms with E-state index in [-0.39, 0.29) is 5.60 Å². The van der Waals surface area contributed by atoms with Gasteiger partial charge in [0.2, 0.25) is 0 Å². The smallest absolute Gasteiger partial charge is 0.123 e. The van der Waals surface area contributed by atoms with E-state index in [2.05, 4.69) is 88.5 Å².